The van der Waals surface area contributed by atoms with Gasteiger partial charge in [-0.2, -0.15) is 13.2 Å². The topological polar surface area (TPSA) is 105 Å². The number of hydrogen-bond acceptors (Lipinski definition) is 4. The fourth-order valence-corrected chi connectivity index (χ4v) is 4.01. The predicted molar refractivity (Wildman–Crippen MR) is 117 cm³/mol. The van der Waals surface area contributed by atoms with E-state index in [4.69, 9.17) is 9.84 Å². The van der Waals surface area contributed by atoms with Crippen LogP contribution in [0, 0.1) is 5.92 Å². The molecule has 3 rings (SSSR count). The van der Waals surface area contributed by atoms with E-state index in [0.29, 0.717) is 6.42 Å². The number of carboxylic acid groups (broad SMARTS) is 1. The highest BCUT2D eigenvalue weighted by Crippen LogP contribution is 2.44. The summed E-state index contributed by atoms with van der Waals surface area (Å²) in [5.74, 6) is -5.94. The predicted octanol–water partition coefficient (Wildman–Crippen LogP) is 4.07. The van der Waals surface area contributed by atoms with Crippen LogP contribution >= 0.6 is 0 Å². The van der Waals surface area contributed by atoms with Gasteiger partial charge in [-0.25, -0.2) is 4.79 Å². The molecule has 1 unspecified atom stereocenters. The molecule has 0 saturated heterocycles. The van der Waals surface area contributed by atoms with Crippen molar-refractivity contribution in [2.24, 2.45) is 5.92 Å². The average molecular weight is 478 g/mol. The summed E-state index contributed by atoms with van der Waals surface area (Å²) >= 11 is 0. The van der Waals surface area contributed by atoms with E-state index in [-0.39, 0.29) is 18.9 Å². The quantitative estimate of drug-likeness (QED) is 0.504. The molecule has 10 heteroatoms. The van der Waals surface area contributed by atoms with Crippen LogP contribution < -0.4 is 10.6 Å². The number of carbonyl (C=O) groups is 3. The summed E-state index contributed by atoms with van der Waals surface area (Å²) in [4.78, 5) is 35.7. The highest BCUT2D eigenvalue weighted by Gasteiger charge is 2.45. The molecule has 0 bridgehead atoms. The Morgan fingerprint density at radius 2 is 1.59 bits per heavy atom. The van der Waals surface area contributed by atoms with Gasteiger partial charge in [-0.1, -0.05) is 61.9 Å². The third-order valence-electron chi connectivity index (χ3n) is 5.70. The molecule has 182 valence electrons. The smallest absolute Gasteiger partial charge is 0.407 e. The van der Waals surface area contributed by atoms with Crippen LogP contribution in [0.4, 0.5) is 18.0 Å². The van der Waals surface area contributed by atoms with Gasteiger partial charge in [-0.3, -0.25) is 9.59 Å². The van der Waals surface area contributed by atoms with Gasteiger partial charge in [0, 0.05) is 12.5 Å². The molecule has 7 nitrogen and oxygen atoms in total. The van der Waals surface area contributed by atoms with Crippen molar-refractivity contribution < 1.29 is 37.4 Å². The van der Waals surface area contributed by atoms with E-state index in [9.17, 15) is 27.6 Å². The number of carboxylic acids is 1. The van der Waals surface area contributed by atoms with E-state index in [1.165, 1.54) is 0 Å². The van der Waals surface area contributed by atoms with Crippen molar-refractivity contribution in [3.63, 3.8) is 0 Å². The van der Waals surface area contributed by atoms with Crippen molar-refractivity contribution >= 4 is 18.0 Å². The summed E-state index contributed by atoms with van der Waals surface area (Å²) in [6.45, 7) is 0.606. The number of carbonyl (C=O) groups excluding carboxylic acids is 2. The lowest BCUT2D eigenvalue weighted by Gasteiger charge is -2.21. The van der Waals surface area contributed by atoms with Gasteiger partial charge in [0.05, 0.1) is 0 Å². The Morgan fingerprint density at radius 1 is 1.03 bits per heavy atom. The second kappa shape index (κ2) is 10.6. The third kappa shape index (κ3) is 5.67. The Bertz CT molecular complexity index is 1010. The van der Waals surface area contributed by atoms with Gasteiger partial charge in [0.15, 0.2) is 5.92 Å². The number of hydrogen-bond donors (Lipinski definition) is 3. The van der Waals surface area contributed by atoms with Crippen LogP contribution in [0.5, 0.6) is 0 Å². The monoisotopic (exact) mass is 478 g/mol. The van der Waals surface area contributed by atoms with Gasteiger partial charge >= 0.3 is 18.2 Å². The van der Waals surface area contributed by atoms with Gasteiger partial charge in [0.1, 0.15) is 12.6 Å². The summed E-state index contributed by atoms with van der Waals surface area (Å²) in [6.07, 6.45) is -5.32. The summed E-state index contributed by atoms with van der Waals surface area (Å²) in [5, 5.41) is 13.1. The van der Waals surface area contributed by atoms with Gasteiger partial charge < -0.3 is 20.5 Å². The maximum absolute atomic E-state index is 12.8. The minimum absolute atomic E-state index is 0.00941. The van der Waals surface area contributed by atoms with Crippen LogP contribution in [0.3, 0.4) is 0 Å². The molecule has 0 saturated carbocycles. The standard InChI is InChI=1S/C24H25F3N2O5/c1-2-7-20(21(30)28-12-19(22(31)32)24(25,26)27)29-23(33)34-13-18-16-10-5-3-8-14(16)15-9-4-6-11-17(15)18/h3-6,8-11,18-20H,2,7,12-13H2,1H3,(H,28,30)(H,29,33)(H,31,32)/t19?,20-/m1/s1. The number of ether oxygens (including phenoxy) is 1. The van der Waals surface area contributed by atoms with E-state index in [0.717, 1.165) is 22.3 Å². The molecule has 3 N–H and O–H groups in total. The van der Waals surface area contributed by atoms with Crippen LogP contribution in [0.25, 0.3) is 11.1 Å². The maximum Gasteiger partial charge on any atom is 0.407 e. The minimum Gasteiger partial charge on any atom is -0.481 e. The first-order chi connectivity index (χ1) is 16.1. The molecule has 2 amide bonds. The molecule has 2 atom stereocenters. The van der Waals surface area contributed by atoms with E-state index in [1.54, 1.807) is 6.92 Å². The Hall–Kier alpha value is -3.56. The van der Waals surface area contributed by atoms with Gasteiger partial charge in [-0.15, -0.1) is 0 Å². The second-order valence-electron chi connectivity index (χ2n) is 7.99. The maximum atomic E-state index is 12.8. The molecule has 34 heavy (non-hydrogen) atoms. The molecule has 1 aliphatic rings. The summed E-state index contributed by atoms with van der Waals surface area (Å²) in [5.41, 5.74) is 4.11. The van der Waals surface area contributed by atoms with Crippen LogP contribution in [-0.4, -0.2) is 48.4 Å². The zero-order valence-electron chi connectivity index (χ0n) is 18.4. The largest absolute Gasteiger partial charge is 0.481 e. The molecule has 0 radical (unpaired) electrons. The summed E-state index contributed by atoms with van der Waals surface area (Å²) in [6, 6.07) is 14.4. The normalized spacial score (nSPS) is 14.5. The number of fused-ring (bicyclic) bond motifs is 3. The molecule has 0 fully saturated rings. The summed E-state index contributed by atoms with van der Waals surface area (Å²) < 4.78 is 43.8. The Balaban J connectivity index is 1.61. The first kappa shape index (κ1) is 25.1. The second-order valence-corrected chi connectivity index (χ2v) is 7.99. The molecule has 2 aromatic carbocycles. The fourth-order valence-electron chi connectivity index (χ4n) is 4.01. The Labute approximate surface area is 194 Å². The lowest BCUT2D eigenvalue weighted by atomic mass is 9.98. The number of rotatable bonds is 9. The number of alkyl carbamates (subject to hydrolysis) is 1. The van der Waals surface area contributed by atoms with E-state index in [1.807, 2.05) is 53.8 Å². The number of amides is 2. The molecule has 0 heterocycles. The first-order valence-electron chi connectivity index (χ1n) is 10.8. The molecule has 0 aliphatic heterocycles. The van der Waals surface area contributed by atoms with Crippen LogP contribution in [-0.2, 0) is 14.3 Å². The lowest BCUT2D eigenvalue weighted by molar-refractivity contribution is -0.192. The zero-order chi connectivity index (χ0) is 24.9. The highest BCUT2D eigenvalue weighted by atomic mass is 19.4. The molecular formula is C24H25F3N2O5. The fraction of sp³-hybridized carbons (Fsp3) is 0.375. The number of halogens is 3. The SMILES string of the molecule is CCC[C@@H](NC(=O)OCC1c2ccccc2-c2ccccc21)C(=O)NCC(C(=O)O)C(F)(F)F. The van der Waals surface area contributed by atoms with E-state index < -0.39 is 42.7 Å². The van der Waals surface area contributed by atoms with Crippen LogP contribution in [0.15, 0.2) is 48.5 Å². The number of aliphatic carboxylic acids is 1. The van der Waals surface area contributed by atoms with Gasteiger partial charge in [-0.05, 0) is 28.7 Å². The highest BCUT2D eigenvalue weighted by molar-refractivity contribution is 5.86. The van der Waals surface area contributed by atoms with Crippen molar-refractivity contribution in [2.75, 3.05) is 13.2 Å². The lowest BCUT2D eigenvalue weighted by Crippen LogP contribution is -2.50. The van der Waals surface area contributed by atoms with Crippen molar-refractivity contribution in [2.45, 2.75) is 37.9 Å². The molecular weight excluding hydrogens is 453 g/mol. The minimum atomic E-state index is -5.01. The summed E-state index contributed by atoms with van der Waals surface area (Å²) in [7, 11) is 0. The first-order valence-corrected chi connectivity index (χ1v) is 10.8. The molecule has 0 spiro atoms. The third-order valence-corrected chi connectivity index (χ3v) is 5.70. The van der Waals surface area contributed by atoms with E-state index >= 15 is 0 Å². The van der Waals surface area contributed by atoms with Crippen LogP contribution in [0.2, 0.25) is 0 Å². The van der Waals surface area contributed by atoms with Crippen LogP contribution in [0.1, 0.15) is 36.8 Å². The Kier molecular flexibility index (Phi) is 7.80. The molecule has 1 aliphatic carbocycles. The number of nitrogens with one attached hydrogen (secondary N) is 2. The molecule has 0 aromatic heterocycles. The number of benzene rings is 2. The van der Waals surface area contributed by atoms with Crippen molar-refractivity contribution in [1.82, 2.24) is 10.6 Å². The van der Waals surface area contributed by atoms with E-state index in [2.05, 4.69) is 5.32 Å². The van der Waals surface area contributed by atoms with Gasteiger partial charge in [0.2, 0.25) is 5.91 Å². The number of alkyl halides is 3. The average Bonchev–Trinajstić information content (AvgIpc) is 3.10. The van der Waals surface area contributed by atoms with Crippen molar-refractivity contribution in [3.05, 3.63) is 59.7 Å². The zero-order valence-corrected chi connectivity index (χ0v) is 18.4. The van der Waals surface area contributed by atoms with Gasteiger partial charge in [0.25, 0.3) is 0 Å². The molecule has 2 aromatic rings. The Morgan fingerprint density at radius 3 is 2.09 bits per heavy atom. The van der Waals surface area contributed by atoms with Crippen molar-refractivity contribution in [1.29, 1.82) is 0 Å². The van der Waals surface area contributed by atoms with Crippen molar-refractivity contribution in [3.8, 4) is 11.1 Å².